The van der Waals surface area contributed by atoms with Crippen molar-refractivity contribution in [1.82, 2.24) is 9.80 Å². The lowest BCUT2D eigenvalue weighted by atomic mass is 10.1. The van der Waals surface area contributed by atoms with Crippen LogP contribution in [0.4, 0.5) is 0 Å². The largest absolute Gasteiger partial charge is 0.457 e. The molecule has 2 aliphatic rings. The third kappa shape index (κ3) is 4.40. The minimum Gasteiger partial charge on any atom is -0.457 e. The van der Waals surface area contributed by atoms with Gasteiger partial charge in [-0.15, -0.1) is 0 Å². The van der Waals surface area contributed by atoms with E-state index in [2.05, 4.69) is 0 Å². The van der Waals surface area contributed by atoms with E-state index in [1.165, 1.54) is 99.0 Å². The molecular formula is C30H20N2O9S2. The number of imide groups is 2. The van der Waals surface area contributed by atoms with Crippen LogP contribution in [0.2, 0.25) is 0 Å². The van der Waals surface area contributed by atoms with Crippen LogP contribution in [0.3, 0.4) is 0 Å². The Morgan fingerprint density at radius 3 is 1.09 bits per heavy atom. The smallest absolute Gasteiger partial charge is 0.261 e. The zero-order valence-electron chi connectivity index (χ0n) is 22.5. The summed E-state index contributed by atoms with van der Waals surface area (Å²) >= 11 is 0. The highest BCUT2D eigenvalue weighted by molar-refractivity contribution is 7.91. The summed E-state index contributed by atoms with van der Waals surface area (Å²) in [5.41, 5.74) is 0.319. The number of benzene rings is 4. The Balaban J connectivity index is 1.19. The molecule has 0 atom stereocenters. The Labute approximate surface area is 245 Å². The van der Waals surface area contributed by atoms with Crippen LogP contribution in [-0.2, 0) is 19.7 Å². The summed E-state index contributed by atoms with van der Waals surface area (Å²) in [6.45, 7) is 0. The topological polar surface area (TPSA) is 152 Å². The van der Waals surface area contributed by atoms with Crippen LogP contribution in [-0.4, -0.2) is 64.4 Å². The monoisotopic (exact) mass is 616 g/mol. The van der Waals surface area contributed by atoms with Gasteiger partial charge in [-0.1, -0.05) is 0 Å². The normalized spacial score (nSPS) is 14.7. The first-order valence-corrected chi connectivity index (χ1v) is 15.6. The Hall–Kier alpha value is -5.14. The maximum atomic E-state index is 13.2. The minimum atomic E-state index is -4.02. The molecule has 0 N–H and O–H groups in total. The van der Waals surface area contributed by atoms with E-state index in [0.29, 0.717) is 0 Å². The van der Waals surface area contributed by atoms with Crippen molar-refractivity contribution in [2.75, 3.05) is 14.1 Å². The van der Waals surface area contributed by atoms with Crippen molar-refractivity contribution in [3.8, 4) is 11.5 Å². The molecule has 0 aromatic heterocycles. The lowest BCUT2D eigenvalue weighted by molar-refractivity contribution is 0.0677. The van der Waals surface area contributed by atoms with E-state index in [1.807, 2.05) is 0 Å². The van der Waals surface area contributed by atoms with Crippen molar-refractivity contribution in [2.45, 2.75) is 19.6 Å². The van der Waals surface area contributed by atoms with Gasteiger partial charge < -0.3 is 4.74 Å². The highest BCUT2D eigenvalue weighted by Gasteiger charge is 2.35. The van der Waals surface area contributed by atoms with Gasteiger partial charge in [-0.2, -0.15) is 0 Å². The minimum absolute atomic E-state index is 0.0198. The fourth-order valence-corrected chi connectivity index (χ4v) is 7.37. The molecule has 0 spiro atoms. The average molecular weight is 617 g/mol. The molecule has 43 heavy (non-hydrogen) atoms. The van der Waals surface area contributed by atoms with Crippen LogP contribution in [0.15, 0.2) is 105 Å². The fourth-order valence-electron chi connectivity index (χ4n) is 4.80. The summed E-state index contributed by atoms with van der Waals surface area (Å²) in [7, 11) is -5.39. The number of hydrogen-bond acceptors (Lipinski definition) is 9. The lowest BCUT2D eigenvalue weighted by Crippen LogP contribution is -2.24. The van der Waals surface area contributed by atoms with Crippen molar-refractivity contribution in [2.24, 2.45) is 0 Å². The van der Waals surface area contributed by atoms with E-state index >= 15 is 0 Å². The zero-order chi connectivity index (χ0) is 30.8. The van der Waals surface area contributed by atoms with E-state index < -0.39 is 43.3 Å². The van der Waals surface area contributed by atoms with Crippen molar-refractivity contribution in [3.05, 3.63) is 107 Å². The van der Waals surface area contributed by atoms with Crippen LogP contribution >= 0.6 is 0 Å². The highest BCUT2D eigenvalue weighted by Crippen LogP contribution is 2.32. The molecule has 0 radical (unpaired) electrons. The summed E-state index contributed by atoms with van der Waals surface area (Å²) in [5.74, 6) is -1.60. The van der Waals surface area contributed by atoms with Crippen molar-refractivity contribution < 1.29 is 40.8 Å². The molecule has 11 nitrogen and oxygen atoms in total. The molecule has 216 valence electrons. The summed E-state index contributed by atoms with van der Waals surface area (Å²) in [4.78, 5) is 50.3. The second-order valence-electron chi connectivity index (χ2n) is 9.81. The van der Waals surface area contributed by atoms with Gasteiger partial charge >= 0.3 is 0 Å². The molecule has 0 saturated heterocycles. The summed E-state index contributed by atoms with van der Waals surface area (Å²) in [5, 5.41) is 0. The molecule has 4 aromatic rings. The SMILES string of the molecule is CN1C(=O)c2ccc(S(=O)(=O)c3ccc(Oc4ccc(S(=O)(=O)c5ccc6c(c5)C(=O)N(C)C6=O)cc4)cc3)cc2C1=O. The van der Waals surface area contributed by atoms with Gasteiger partial charge in [-0.05, 0) is 84.9 Å². The first-order chi connectivity index (χ1) is 20.3. The van der Waals surface area contributed by atoms with Gasteiger partial charge in [0.05, 0.1) is 41.8 Å². The molecule has 0 bridgehead atoms. The van der Waals surface area contributed by atoms with E-state index in [4.69, 9.17) is 4.74 Å². The Kier molecular flexibility index (Phi) is 6.32. The molecule has 4 aromatic carbocycles. The predicted octanol–water partition coefficient (Wildman–Crippen LogP) is 3.60. The third-order valence-electron chi connectivity index (χ3n) is 7.25. The Morgan fingerprint density at radius 2 is 0.744 bits per heavy atom. The molecule has 2 aliphatic heterocycles. The zero-order valence-corrected chi connectivity index (χ0v) is 24.1. The first-order valence-electron chi connectivity index (χ1n) is 12.6. The van der Waals surface area contributed by atoms with Gasteiger partial charge in [0.1, 0.15) is 11.5 Å². The number of fused-ring (bicyclic) bond motifs is 2. The molecule has 0 unspecified atom stereocenters. The number of ether oxygens (including phenoxy) is 1. The summed E-state index contributed by atoms with van der Waals surface area (Å²) < 4.78 is 58.5. The molecular weight excluding hydrogens is 596 g/mol. The Morgan fingerprint density at radius 1 is 0.442 bits per heavy atom. The van der Waals surface area contributed by atoms with Gasteiger partial charge in [0, 0.05) is 14.1 Å². The van der Waals surface area contributed by atoms with Crippen LogP contribution in [0, 0.1) is 0 Å². The van der Waals surface area contributed by atoms with E-state index in [9.17, 15) is 36.0 Å². The molecule has 0 saturated carbocycles. The fraction of sp³-hybridized carbons (Fsp3) is 0.0667. The van der Waals surface area contributed by atoms with Crippen molar-refractivity contribution in [1.29, 1.82) is 0 Å². The quantitative estimate of drug-likeness (QED) is 0.296. The number of nitrogens with zero attached hydrogens (tertiary/aromatic N) is 2. The molecule has 6 rings (SSSR count). The standard InChI is InChI=1S/C30H20N2O9S2/c1-31-27(33)23-13-11-21(15-25(23)29(31)35)42(37,38)19-7-3-17(4-8-19)41-18-5-9-20(10-6-18)43(39,40)22-12-14-24-26(16-22)30(36)32(2)28(24)34/h3-16H,1-2H3. The van der Waals surface area contributed by atoms with Gasteiger partial charge in [0.25, 0.3) is 23.6 Å². The summed E-state index contributed by atoms with van der Waals surface area (Å²) in [6, 6.07) is 18.6. The highest BCUT2D eigenvalue weighted by atomic mass is 32.2. The maximum absolute atomic E-state index is 13.2. The van der Waals surface area contributed by atoms with E-state index in [1.54, 1.807) is 0 Å². The molecule has 0 fully saturated rings. The third-order valence-corrected chi connectivity index (χ3v) is 10.8. The Bertz CT molecular complexity index is 1970. The molecule has 13 heteroatoms. The van der Waals surface area contributed by atoms with Crippen LogP contribution in [0.5, 0.6) is 11.5 Å². The number of hydrogen-bond donors (Lipinski definition) is 0. The number of amides is 4. The number of carbonyl (C=O) groups excluding carboxylic acids is 4. The van der Waals surface area contributed by atoms with Crippen LogP contribution < -0.4 is 4.74 Å². The van der Waals surface area contributed by atoms with Crippen LogP contribution in [0.1, 0.15) is 41.4 Å². The number of carbonyl (C=O) groups is 4. The predicted molar refractivity (Wildman–Crippen MR) is 150 cm³/mol. The van der Waals surface area contributed by atoms with Gasteiger partial charge in [0.2, 0.25) is 19.7 Å². The van der Waals surface area contributed by atoms with E-state index in [0.717, 1.165) is 9.80 Å². The maximum Gasteiger partial charge on any atom is 0.261 e. The molecule has 2 heterocycles. The van der Waals surface area contributed by atoms with Gasteiger partial charge in [-0.25, -0.2) is 16.8 Å². The average Bonchev–Trinajstić information content (AvgIpc) is 3.36. The van der Waals surface area contributed by atoms with E-state index in [-0.39, 0.29) is 53.3 Å². The molecule has 0 aliphatic carbocycles. The van der Waals surface area contributed by atoms with Gasteiger partial charge in [-0.3, -0.25) is 29.0 Å². The van der Waals surface area contributed by atoms with Crippen molar-refractivity contribution in [3.63, 3.8) is 0 Å². The molecule has 4 amide bonds. The lowest BCUT2D eigenvalue weighted by Gasteiger charge is -2.10. The van der Waals surface area contributed by atoms with Crippen LogP contribution in [0.25, 0.3) is 0 Å². The van der Waals surface area contributed by atoms with Crippen molar-refractivity contribution >= 4 is 43.3 Å². The summed E-state index contributed by atoms with van der Waals surface area (Å²) in [6.07, 6.45) is 0. The second kappa shape index (κ2) is 9.71. The number of rotatable bonds is 6. The first kappa shape index (κ1) is 28.0. The number of sulfone groups is 2. The van der Waals surface area contributed by atoms with Gasteiger partial charge in [0.15, 0.2) is 0 Å². The second-order valence-corrected chi connectivity index (χ2v) is 13.7.